The van der Waals surface area contributed by atoms with Crippen LogP contribution in [0.2, 0.25) is 0 Å². The first-order valence-corrected chi connectivity index (χ1v) is 5.64. The van der Waals surface area contributed by atoms with E-state index in [1.54, 1.807) is 24.3 Å². The number of hydrogen-bond acceptors (Lipinski definition) is 3. The van der Waals surface area contributed by atoms with E-state index in [2.05, 4.69) is 0 Å². The molecule has 14 heavy (non-hydrogen) atoms. The third-order valence-electron chi connectivity index (χ3n) is 1.61. The monoisotopic (exact) mass is 207 g/mol. The van der Waals surface area contributed by atoms with Gasteiger partial charge in [-0.2, -0.15) is 5.26 Å². The van der Waals surface area contributed by atoms with Crippen molar-refractivity contribution in [2.24, 2.45) is 0 Å². The number of benzene rings is 1. The first kappa shape index (κ1) is 10.5. The SMILES string of the molecule is N#CC=CCS(=O)(=O)c1ccccc1. The van der Waals surface area contributed by atoms with Gasteiger partial charge in [-0.15, -0.1) is 0 Å². The highest BCUT2D eigenvalue weighted by atomic mass is 32.2. The van der Waals surface area contributed by atoms with Gasteiger partial charge in [-0.3, -0.25) is 0 Å². The van der Waals surface area contributed by atoms with Crippen molar-refractivity contribution in [2.45, 2.75) is 4.90 Å². The van der Waals surface area contributed by atoms with Gasteiger partial charge in [-0.1, -0.05) is 24.3 Å². The Bertz CT molecular complexity index is 455. The molecule has 0 atom stereocenters. The third-order valence-corrected chi connectivity index (χ3v) is 3.23. The molecule has 4 heteroatoms. The smallest absolute Gasteiger partial charge is 0.181 e. The lowest BCUT2D eigenvalue weighted by atomic mass is 10.4. The summed E-state index contributed by atoms with van der Waals surface area (Å²) >= 11 is 0. The van der Waals surface area contributed by atoms with Gasteiger partial charge < -0.3 is 0 Å². The molecule has 0 N–H and O–H groups in total. The number of sulfone groups is 1. The van der Waals surface area contributed by atoms with Gasteiger partial charge in [0, 0.05) is 6.08 Å². The largest absolute Gasteiger partial charge is 0.223 e. The maximum atomic E-state index is 11.5. The quantitative estimate of drug-likeness (QED) is 0.706. The first-order valence-electron chi connectivity index (χ1n) is 3.99. The van der Waals surface area contributed by atoms with Crippen LogP contribution in [0.5, 0.6) is 0 Å². The second kappa shape index (κ2) is 4.58. The van der Waals surface area contributed by atoms with Crippen LogP contribution in [0.3, 0.4) is 0 Å². The van der Waals surface area contributed by atoms with Crippen molar-refractivity contribution in [1.29, 1.82) is 5.26 Å². The van der Waals surface area contributed by atoms with Gasteiger partial charge in [0.15, 0.2) is 9.84 Å². The fourth-order valence-electron chi connectivity index (χ4n) is 0.952. The Hall–Kier alpha value is -1.60. The van der Waals surface area contributed by atoms with E-state index < -0.39 is 9.84 Å². The van der Waals surface area contributed by atoms with Crippen molar-refractivity contribution in [3.63, 3.8) is 0 Å². The van der Waals surface area contributed by atoms with Gasteiger partial charge >= 0.3 is 0 Å². The zero-order valence-corrected chi connectivity index (χ0v) is 8.24. The van der Waals surface area contributed by atoms with Gasteiger partial charge in [0.2, 0.25) is 0 Å². The lowest BCUT2D eigenvalue weighted by Gasteiger charge is -1.99. The Morgan fingerprint density at radius 3 is 2.50 bits per heavy atom. The molecule has 0 heterocycles. The van der Waals surface area contributed by atoms with Crippen molar-refractivity contribution in [3.8, 4) is 6.07 Å². The summed E-state index contributed by atoms with van der Waals surface area (Å²) < 4.78 is 23.1. The summed E-state index contributed by atoms with van der Waals surface area (Å²) in [6.07, 6.45) is 2.50. The molecule has 0 spiro atoms. The average Bonchev–Trinajstić information content (AvgIpc) is 2.19. The van der Waals surface area contributed by atoms with Crippen LogP contribution in [0, 0.1) is 11.3 Å². The second-order valence-electron chi connectivity index (χ2n) is 2.63. The van der Waals surface area contributed by atoms with Gasteiger partial charge in [-0.05, 0) is 12.1 Å². The standard InChI is InChI=1S/C10H9NO2S/c11-8-4-5-9-14(12,13)10-6-2-1-3-7-10/h1-7H,9H2. The Balaban J connectivity index is 2.89. The molecule has 1 rings (SSSR count). The van der Waals surface area contributed by atoms with E-state index >= 15 is 0 Å². The number of hydrogen-bond donors (Lipinski definition) is 0. The molecular formula is C10H9NO2S. The van der Waals surface area contributed by atoms with E-state index in [0.717, 1.165) is 0 Å². The van der Waals surface area contributed by atoms with Crippen molar-refractivity contribution in [2.75, 3.05) is 5.75 Å². The minimum atomic E-state index is -3.27. The van der Waals surface area contributed by atoms with Gasteiger partial charge in [0.25, 0.3) is 0 Å². The molecule has 1 aromatic rings. The first-order chi connectivity index (χ1) is 6.67. The van der Waals surface area contributed by atoms with E-state index in [1.165, 1.54) is 24.3 Å². The topological polar surface area (TPSA) is 57.9 Å². The molecule has 0 bridgehead atoms. The summed E-state index contributed by atoms with van der Waals surface area (Å²) in [7, 11) is -3.27. The molecule has 0 aliphatic heterocycles. The van der Waals surface area contributed by atoms with E-state index in [-0.39, 0.29) is 10.6 Å². The van der Waals surface area contributed by atoms with Crippen LogP contribution in [0.1, 0.15) is 0 Å². The molecule has 0 aromatic heterocycles. The van der Waals surface area contributed by atoms with Crippen molar-refractivity contribution < 1.29 is 8.42 Å². The minimum absolute atomic E-state index is 0.134. The maximum Gasteiger partial charge on any atom is 0.181 e. The molecular weight excluding hydrogens is 198 g/mol. The molecule has 0 saturated heterocycles. The lowest BCUT2D eigenvalue weighted by Crippen LogP contribution is -2.03. The van der Waals surface area contributed by atoms with Gasteiger partial charge in [-0.25, -0.2) is 8.42 Å². The van der Waals surface area contributed by atoms with Crippen molar-refractivity contribution >= 4 is 9.84 Å². The summed E-state index contributed by atoms with van der Waals surface area (Å²) in [5.41, 5.74) is 0. The summed E-state index contributed by atoms with van der Waals surface area (Å²) in [4.78, 5) is 0.280. The van der Waals surface area contributed by atoms with Gasteiger partial charge in [0.1, 0.15) is 0 Å². The summed E-state index contributed by atoms with van der Waals surface area (Å²) in [5, 5.41) is 8.20. The van der Waals surface area contributed by atoms with Crippen LogP contribution in [0.25, 0.3) is 0 Å². The zero-order chi connectivity index (χ0) is 10.4. The number of allylic oxidation sites excluding steroid dienone is 1. The minimum Gasteiger partial charge on any atom is -0.223 e. The Morgan fingerprint density at radius 2 is 1.93 bits per heavy atom. The van der Waals surface area contributed by atoms with E-state index in [0.29, 0.717) is 0 Å². The molecule has 1 aromatic carbocycles. The number of nitriles is 1. The summed E-state index contributed by atoms with van der Waals surface area (Å²) in [6, 6.07) is 9.91. The molecule has 0 amide bonds. The Labute approximate surface area is 83.2 Å². The molecule has 3 nitrogen and oxygen atoms in total. The fraction of sp³-hybridized carbons (Fsp3) is 0.100. The van der Waals surface area contributed by atoms with Gasteiger partial charge in [0.05, 0.1) is 16.7 Å². The highest BCUT2D eigenvalue weighted by Crippen LogP contribution is 2.09. The third kappa shape index (κ3) is 2.71. The Morgan fingerprint density at radius 1 is 1.29 bits per heavy atom. The summed E-state index contributed by atoms with van der Waals surface area (Å²) in [6.45, 7) is 0. The van der Waals surface area contributed by atoms with Crippen LogP contribution >= 0.6 is 0 Å². The molecule has 72 valence electrons. The molecule has 0 fully saturated rings. The van der Waals surface area contributed by atoms with Crippen LogP contribution in [0.4, 0.5) is 0 Å². The van der Waals surface area contributed by atoms with Crippen molar-refractivity contribution in [1.82, 2.24) is 0 Å². The second-order valence-corrected chi connectivity index (χ2v) is 4.66. The zero-order valence-electron chi connectivity index (χ0n) is 7.42. The predicted octanol–water partition coefficient (Wildman–Crippen LogP) is 1.54. The van der Waals surface area contributed by atoms with Crippen LogP contribution in [-0.4, -0.2) is 14.2 Å². The van der Waals surface area contributed by atoms with E-state index in [1.807, 2.05) is 0 Å². The summed E-state index contributed by atoms with van der Waals surface area (Å²) in [5.74, 6) is -0.134. The highest BCUT2D eigenvalue weighted by Gasteiger charge is 2.10. The van der Waals surface area contributed by atoms with E-state index in [4.69, 9.17) is 5.26 Å². The fourth-order valence-corrected chi connectivity index (χ4v) is 2.07. The van der Waals surface area contributed by atoms with Crippen LogP contribution < -0.4 is 0 Å². The normalized spacial score (nSPS) is 11.4. The lowest BCUT2D eigenvalue weighted by molar-refractivity contribution is 0.599. The highest BCUT2D eigenvalue weighted by molar-refractivity contribution is 7.91. The molecule has 0 unspecified atom stereocenters. The Kier molecular flexibility index (Phi) is 3.43. The predicted molar refractivity (Wildman–Crippen MR) is 53.2 cm³/mol. The molecule has 0 aliphatic carbocycles. The maximum absolute atomic E-state index is 11.5. The van der Waals surface area contributed by atoms with E-state index in [9.17, 15) is 8.42 Å². The average molecular weight is 207 g/mol. The molecule has 0 saturated carbocycles. The number of rotatable bonds is 3. The van der Waals surface area contributed by atoms with Crippen LogP contribution in [-0.2, 0) is 9.84 Å². The number of nitrogens with zero attached hydrogens (tertiary/aromatic N) is 1. The molecule has 0 radical (unpaired) electrons. The van der Waals surface area contributed by atoms with Crippen LogP contribution in [0.15, 0.2) is 47.4 Å². The van der Waals surface area contributed by atoms with Crippen molar-refractivity contribution in [3.05, 3.63) is 42.5 Å². The molecule has 0 aliphatic rings.